The molecule has 4 heteroatoms. The summed E-state index contributed by atoms with van der Waals surface area (Å²) in [5.74, 6) is -0.217. The van der Waals surface area contributed by atoms with E-state index in [0.29, 0.717) is 5.69 Å². The summed E-state index contributed by atoms with van der Waals surface area (Å²) in [6.07, 6.45) is 2.64. The standard InChI is InChI=1S/C21H21N3O/c1-3-16-6-10-18(11-7-16)24-21(25)20-13-12-19(14-22-20)23-17-8-4-15(2)5-9-17/h4-14,23H,3H2,1-2H3,(H,24,25). The fourth-order valence-corrected chi connectivity index (χ4v) is 2.42. The van der Waals surface area contributed by atoms with Gasteiger partial charge in [-0.3, -0.25) is 4.79 Å². The van der Waals surface area contributed by atoms with Crippen LogP contribution in [0.1, 0.15) is 28.5 Å². The van der Waals surface area contributed by atoms with Crippen LogP contribution in [-0.4, -0.2) is 10.9 Å². The zero-order valence-corrected chi connectivity index (χ0v) is 14.4. The molecule has 0 saturated heterocycles. The molecule has 0 bridgehead atoms. The lowest BCUT2D eigenvalue weighted by molar-refractivity contribution is 0.102. The lowest BCUT2D eigenvalue weighted by Crippen LogP contribution is -2.13. The zero-order chi connectivity index (χ0) is 17.6. The second kappa shape index (κ2) is 7.62. The van der Waals surface area contributed by atoms with E-state index >= 15 is 0 Å². The highest BCUT2D eigenvalue weighted by atomic mass is 16.1. The first kappa shape index (κ1) is 16.7. The van der Waals surface area contributed by atoms with Gasteiger partial charge in [0.05, 0.1) is 11.9 Å². The van der Waals surface area contributed by atoms with Crippen LogP contribution in [0, 0.1) is 6.92 Å². The predicted octanol–water partition coefficient (Wildman–Crippen LogP) is 4.95. The Hall–Kier alpha value is -3.14. The molecular weight excluding hydrogens is 310 g/mol. The maximum absolute atomic E-state index is 12.3. The van der Waals surface area contributed by atoms with Crippen molar-refractivity contribution in [2.75, 3.05) is 10.6 Å². The first-order chi connectivity index (χ1) is 12.1. The lowest BCUT2D eigenvalue weighted by Gasteiger charge is -2.08. The van der Waals surface area contributed by atoms with Gasteiger partial charge in [0.15, 0.2) is 0 Å². The van der Waals surface area contributed by atoms with Crippen LogP contribution in [0.4, 0.5) is 17.1 Å². The first-order valence-electron chi connectivity index (χ1n) is 8.34. The Bertz CT molecular complexity index is 838. The average molecular weight is 331 g/mol. The summed E-state index contributed by atoms with van der Waals surface area (Å²) < 4.78 is 0. The number of rotatable bonds is 5. The average Bonchev–Trinajstić information content (AvgIpc) is 2.65. The third kappa shape index (κ3) is 4.44. The molecule has 0 atom stereocenters. The van der Waals surface area contributed by atoms with Crippen molar-refractivity contribution in [3.63, 3.8) is 0 Å². The van der Waals surface area contributed by atoms with Crippen LogP contribution in [-0.2, 0) is 6.42 Å². The summed E-state index contributed by atoms with van der Waals surface area (Å²) >= 11 is 0. The van der Waals surface area contributed by atoms with Crippen LogP contribution in [0.15, 0.2) is 66.9 Å². The minimum Gasteiger partial charge on any atom is -0.354 e. The molecule has 0 aliphatic heterocycles. The number of hydrogen-bond acceptors (Lipinski definition) is 3. The van der Waals surface area contributed by atoms with E-state index in [1.165, 1.54) is 11.1 Å². The third-order valence-corrected chi connectivity index (χ3v) is 3.96. The van der Waals surface area contributed by atoms with Crippen LogP contribution < -0.4 is 10.6 Å². The topological polar surface area (TPSA) is 54.0 Å². The number of benzene rings is 2. The number of carbonyl (C=O) groups excluding carboxylic acids is 1. The van der Waals surface area contributed by atoms with Gasteiger partial charge in [-0.25, -0.2) is 4.98 Å². The number of hydrogen-bond donors (Lipinski definition) is 2. The quantitative estimate of drug-likeness (QED) is 0.695. The van der Waals surface area contributed by atoms with Gasteiger partial charge in [0.25, 0.3) is 5.91 Å². The van der Waals surface area contributed by atoms with Crippen LogP contribution in [0.25, 0.3) is 0 Å². The van der Waals surface area contributed by atoms with Gasteiger partial charge in [0.1, 0.15) is 5.69 Å². The van der Waals surface area contributed by atoms with Gasteiger partial charge in [-0.05, 0) is 55.3 Å². The summed E-state index contributed by atoms with van der Waals surface area (Å²) in [5.41, 5.74) is 5.43. The fourth-order valence-electron chi connectivity index (χ4n) is 2.42. The largest absolute Gasteiger partial charge is 0.354 e. The number of carbonyl (C=O) groups is 1. The Balaban J connectivity index is 1.64. The molecule has 0 spiro atoms. The Morgan fingerprint density at radius 2 is 1.52 bits per heavy atom. The molecule has 126 valence electrons. The molecule has 0 aliphatic carbocycles. The summed E-state index contributed by atoms with van der Waals surface area (Å²) in [6, 6.07) is 19.5. The van der Waals surface area contributed by atoms with Crippen LogP contribution >= 0.6 is 0 Å². The zero-order valence-electron chi connectivity index (χ0n) is 14.4. The van der Waals surface area contributed by atoms with E-state index in [1.54, 1.807) is 12.3 Å². The fraction of sp³-hybridized carbons (Fsp3) is 0.143. The summed E-state index contributed by atoms with van der Waals surface area (Å²) in [4.78, 5) is 16.5. The molecule has 4 nitrogen and oxygen atoms in total. The van der Waals surface area contributed by atoms with Crippen molar-refractivity contribution in [2.45, 2.75) is 20.3 Å². The number of anilines is 3. The Morgan fingerprint density at radius 1 is 0.880 bits per heavy atom. The van der Waals surface area contributed by atoms with Crippen LogP contribution in [0.2, 0.25) is 0 Å². The van der Waals surface area contributed by atoms with Crippen molar-refractivity contribution in [3.05, 3.63) is 83.7 Å². The molecule has 3 rings (SSSR count). The molecular formula is C21H21N3O. The van der Waals surface area contributed by atoms with Crippen molar-refractivity contribution in [2.24, 2.45) is 0 Å². The number of nitrogens with one attached hydrogen (secondary N) is 2. The Labute approximate surface area is 147 Å². The molecule has 2 N–H and O–H groups in total. The Kier molecular flexibility index (Phi) is 5.09. The molecule has 1 amide bonds. The highest BCUT2D eigenvalue weighted by Crippen LogP contribution is 2.17. The van der Waals surface area contributed by atoms with Crippen LogP contribution in [0.3, 0.4) is 0 Å². The van der Waals surface area contributed by atoms with E-state index in [9.17, 15) is 4.79 Å². The van der Waals surface area contributed by atoms with Gasteiger partial charge >= 0.3 is 0 Å². The minimum atomic E-state index is -0.217. The van der Waals surface area contributed by atoms with Crippen molar-refractivity contribution >= 4 is 23.0 Å². The number of aromatic nitrogens is 1. The van der Waals surface area contributed by atoms with Gasteiger partial charge in [-0.15, -0.1) is 0 Å². The SMILES string of the molecule is CCc1ccc(NC(=O)c2ccc(Nc3ccc(C)cc3)cn2)cc1. The van der Waals surface area contributed by atoms with Crippen molar-refractivity contribution in [3.8, 4) is 0 Å². The molecule has 0 radical (unpaired) electrons. The van der Waals surface area contributed by atoms with E-state index in [2.05, 4.69) is 29.5 Å². The predicted molar refractivity (Wildman–Crippen MR) is 102 cm³/mol. The molecule has 1 aromatic heterocycles. The summed E-state index contributed by atoms with van der Waals surface area (Å²) in [6.45, 7) is 4.15. The highest BCUT2D eigenvalue weighted by molar-refractivity contribution is 6.02. The van der Waals surface area contributed by atoms with E-state index in [0.717, 1.165) is 23.5 Å². The van der Waals surface area contributed by atoms with E-state index in [-0.39, 0.29) is 5.91 Å². The monoisotopic (exact) mass is 331 g/mol. The van der Waals surface area contributed by atoms with Gasteiger partial charge in [-0.2, -0.15) is 0 Å². The maximum atomic E-state index is 12.3. The molecule has 0 fully saturated rings. The summed E-state index contributed by atoms with van der Waals surface area (Å²) in [7, 11) is 0. The second-order valence-corrected chi connectivity index (χ2v) is 5.93. The number of amides is 1. The van der Waals surface area contributed by atoms with Crippen molar-refractivity contribution < 1.29 is 4.79 Å². The van der Waals surface area contributed by atoms with Gasteiger partial charge < -0.3 is 10.6 Å². The number of nitrogens with zero attached hydrogens (tertiary/aromatic N) is 1. The van der Waals surface area contributed by atoms with E-state index in [1.807, 2.05) is 54.6 Å². The maximum Gasteiger partial charge on any atom is 0.274 e. The molecule has 2 aromatic carbocycles. The highest BCUT2D eigenvalue weighted by Gasteiger charge is 2.07. The molecule has 0 unspecified atom stereocenters. The lowest BCUT2D eigenvalue weighted by atomic mass is 10.1. The smallest absolute Gasteiger partial charge is 0.274 e. The minimum absolute atomic E-state index is 0.217. The van der Waals surface area contributed by atoms with E-state index in [4.69, 9.17) is 0 Å². The van der Waals surface area contributed by atoms with Crippen molar-refractivity contribution in [1.82, 2.24) is 4.98 Å². The number of aryl methyl sites for hydroxylation is 2. The van der Waals surface area contributed by atoms with Crippen molar-refractivity contribution in [1.29, 1.82) is 0 Å². The number of pyridine rings is 1. The third-order valence-electron chi connectivity index (χ3n) is 3.96. The van der Waals surface area contributed by atoms with Gasteiger partial charge in [-0.1, -0.05) is 36.8 Å². The first-order valence-corrected chi connectivity index (χ1v) is 8.34. The molecule has 1 heterocycles. The molecule has 3 aromatic rings. The van der Waals surface area contributed by atoms with E-state index < -0.39 is 0 Å². The molecule has 0 saturated carbocycles. The summed E-state index contributed by atoms with van der Waals surface area (Å²) in [5, 5.41) is 6.13. The molecule has 0 aliphatic rings. The van der Waals surface area contributed by atoms with Gasteiger partial charge in [0.2, 0.25) is 0 Å². The molecule has 25 heavy (non-hydrogen) atoms. The normalized spacial score (nSPS) is 10.3. The Morgan fingerprint density at radius 3 is 2.12 bits per heavy atom. The second-order valence-electron chi connectivity index (χ2n) is 5.93. The van der Waals surface area contributed by atoms with Crippen LogP contribution in [0.5, 0.6) is 0 Å². The van der Waals surface area contributed by atoms with Gasteiger partial charge in [0, 0.05) is 11.4 Å².